The smallest absolute Gasteiger partial charge is 0.232 e. The first-order valence-electron chi connectivity index (χ1n) is 7.59. The van der Waals surface area contributed by atoms with Crippen LogP contribution in [0.2, 0.25) is 0 Å². The van der Waals surface area contributed by atoms with Crippen molar-refractivity contribution in [2.75, 3.05) is 42.3 Å². The zero-order valence-corrected chi connectivity index (χ0v) is 13.1. The molecule has 6 heteroatoms. The SMILES string of the molecule is CCNc1nc(N(C)C)nc(N2CCCCC2CC)n1. The Hall–Kier alpha value is -1.59. The second kappa shape index (κ2) is 6.72. The van der Waals surface area contributed by atoms with Crippen LogP contribution in [0, 0.1) is 0 Å². The van der Waals surface area contributed by atoms with E-state index < -0.39 is 0 Å². The Labute approximate surface area is 121 Å². The summed E-state index contributed by atoms with van der Waals surface area (Å²) in [5, 5.41) is 3.20. The number of piperidine rings is 1. The normalized spacial score (nSPS) is 19.0. The van der Waals surface area contributed by atoms with E-state index >= 15 is 0 Å². The highest BCUT2D eigenvalue weighted by Gasteiger charge is 2.24. The van der Waals surface area contributed by atoms with Gasteiger partial charge in [0.05, 0.1) is 0 Å². The Balaban J connectivity index is 2.32. The summed E-state index contributed by atoms with van der Waals surface area (Å²) in [6.45, 7) is 6.14. The number of rotatable bonds is 5. The molecule has 1 N–H and O–H groups in total. The minimum absolute atomic E-state index is 0.552. The summed E-state index contributed by atoms with van der Waals surface area (Å²) in [5.41, 5.74) is 0. The predicted octanol–water partition coefficient (Wildman–Crippen LogP) is 2.14. The molecule has 0 spiro atoms. The van der Waals surface area contributed by atoms with Crippen molar-refractivity contribution in [3.05, 3.63) is 0 Å². The van der Waals surface area contributed by atoms with Crippen molar-refractivity contribution in [3.8, 4) is 0 Å². The van der Waals surface area contributed by atoms with Crippen molar-refractivity contribution < 1.29 is 0 Å². The molecule has 2 heterocycles. The van der Waals surface area contributed by atoms with Gasteiger partial charge < -0.3 is 15.1 Å². The van der Waals surface area contributed by atoms with Crippen molar-refractivity contribution in [1.29, 1.82) is 0 Å². The molecule has 1 saturated heterocycles. The van der Waals surface area contributed by atoms with Gasteiger partial charge in [-0.25, -0.2) is 0 Å². The molecule has 0 amide bonds. The van der Waals surface area contributed by atoms with Gasteiger partial charge in [-0.2, -0.15) is 15.0 Å². The summed E-state index contributed by atoms with van der Waals surface area (Å²) in [5.74, 6) is 2.19. The van der Waals surface area contributed by atoms with E-state index in [0.717, 1.165) is 25.5 Å². The van der Waals surface area contributed by atoms with Crippen molar-refractivity contribution >= 4 is 17.8 Å². The average Bonchev–Trinajstić information content (AvgIpc) is 2.47. The fourth-order valence-corrected chi connectivity index (χ4v) is 2.61. The van der Waals surface area contributed by atoms with E-state index in [2.05, 4.69) is 39.0 Å². The average molecular weight is 278 g/mol. The van der Waals surface area contributed by atoms with E-state index in [9.17, 15) is 0 Å². The largest absolute Gasteiger partial charge is 0.354 e. The van der Waals surface area contributed by atoms with Gasteiger partial charge in [-0.05, 0) is 32.6 Å². The van der Waals surface area contributed by atoms with Crippen LogP contribution in [0.3, 0.4) is 0 Å². The van der Waals surface area contributed by atoms with E-state index in [1.165, 1.54) is 19.3 Å². The van der Waals surface area contributed by atoms with E-state index in [-0.39, 0.29) is 0 Å². The lowest BCUT2D eigenvalue weighted by molar-refractivity contribution is 0.443. The summed E-state index contributed by atoms with van der Waals surface area (Å²) in [6, 6.07) is 0.552. The Morgan fingerprint density at radius 1 is 1.20 bits per heavy atom. The molecule has 0 radical (unpaired) electrons. The van der Waals surface area contributed by atoms with Gasteiger partial charge in [0.1, 0.15) is 0 Å². The molecule has 6 nitrogen and oxygen atoms in total. The molecular formula is C14H26N6. The third-order valence-corrected chi connectivity index (χ3v) is 3.70. The molecule has 20 heavy (non-hydrogen) atoms. The van der Waals surface area contributed by atoms with Crippen LogP contribution in [-0.4, -0.2) is 48.2 Å². The third-order valence-electron chi connectivity index (χ3n) is 3.70. The lowest BCUT2D eigenvalue weighted by atomic mass is 10.0. The number of nitrogens with zero attached hydrogens (tertiary/aromatic N) is 5. The van der Waals surface area contributed by atoms with Crippen LogP contribution in [0.5, 0.6) is 0 Å². The summed E-state index contributed by atoms with van der Waals surface area (Å²) in [4.78, 5) is 17.9. The maximum Gasteiger partial charge on any atom is 0.232 e. The van der Waals surface area contributed by atoms with Gasteiger partial charge in [0.2, 0.25) is 17.8 Å². The molecule has 112 valence electrons. The summed E-state index contributed by atoms with van der Waals surface area (Å²) in [6.07, 6.45) is 4.90. The van der Waals surface area contributed by atoms with Crippen LogP contribution >= 0.6 is 0 Å². The molecule has 1 atom stereocenters. The van der Waals surface area contributed by atoms with Gasteiger partial charge in [0.15, 0.2) is 0 Å². The van der Waals surface area contributed by atoms with Crippen molar-refractivity contribution in [3.63, 3.8) is 0 Å². The minimum Gasteiger partial charge on any atom is -0.354 e. The maximum atomic E-state index is 4.63. The van der Waals surface area contributed by atoms with Gasteiger partial charge in [0.25, 0.3) is 0 Å². The van der Waals surface area contributed by atoms with Crippen molar-refractivity contribution in [2.45, 2.75) is 45.6 Å². The van der Waals surface area contributed by atoms with E-state index in [0.29, 0.717) is 17.9 Å². The first-order chi connectivity index (χ1) is 9.65. The van der Waals surface area contributed by atoms with Gasteiger partial charge in [-0.15, -0.1) is 0 Å². The highest BCUT2D eigenvalue weighted by Crippen LogP contribution is 2.25. The lowest BCUT2D eigenvalue weighted by Crippen LogP contribution is -2.40. The van der Waals surface area contributed by atoms with Gasteiger partial charge in [-0.3, -0.25) is 0 Å². The molecule has 0 bridgehead atoms. The quantitative estimate of drug-likeness (QED) is 0.890. The highest BCUT2D eigenvalue weighted by atomic mass is 15.4. The molecule has 1 fully saturated rings. The molecule has 0 saturated carbocycles. The molecule has 1 aromatic heterocycles. The van der Waals surface area contributed by atoms with Crippen molar-refractivity contribution in [2.24, 2.45) is 0 Å². The number of hydrogen-bond donors (Lipinski definition) is 1. The molecule has 1 unspecified atom stereocenters. The molecule has 1 aromatic rings. The monoisotopic (exact) mass is 278 g/mol. The lowest BCUT2D eigenvalue weighted by Gasteiger charge is -2.35. The predicted molar refractivity (Wildman–Crippen MR) is 83.6 cm³/mol. The number of nitrogens with one attached hydrogen (secondary N) is 1. The van der Waals surface area contributed by atoms with E-state index in [1.54, 1.807) is 0 Å². The summed E-state index contributed by atoms with van der Waals surface area (Å²) in [7, 11) is 3.92. The molecule has 1 aliphatic rings. The summed E-state index contributed by atoms with van der Waals surface area (Å²) < 4.78 is 0. The zero-order valence-electron chi connectivity index (χ0n) is 13.1. The van der Waals surface area contributed by atoms with Crippen LogP contribution in [0.1, 0.15) is 39.5 Å². The first-order valence-corrected chi connectivity index (χ1v) is 7.59. The van der Waals surface area contributed by atoms with Gasteiger partial charge in [-0.1, -0.05) is 6.92 Å². The Kier molecular flexibility index (Phi) is 4.98. The third kappa shape index (κ3) is 3.29. The Morgan fingerprint density at radius 2 is 2.00 bits per heavy atom. The molecule has 0 aliphatic carbocycles. The van der Waals surface area contributed by atoms with Crippen LogP contribution < -0.4 is 15.1 Å². The fraction of sp³-hybridized carbons (Fsp3) is 0.786. The molecular weight excluding hydrogens is 252 g/mol. The van der Waals surface area contributed by atoms with Gasteiger partial charge in [0, 0.05) is 33.2 Å². The zero-order chi connectivity index (χ0) is 14.5. The van der Waals surface area contributed by atoms with Gasteiger partial charge >= 0.3 is 0 Å². The highest BCUT2D eigenvalue weighted by molar-refractivity contribution is 5.45. The number of hydrogen-bond acceptors (Lipinski definition) is 6. The van der Waals surface area contributed by atoms with Crippen molar-refractivity contribution in [1.82, 2.24) is 15.0 Å². The summed E-state index contributed by atoms with van der Waals surface area (Å²) >= 11 is 0. The van der Waals surface area contributed by atoms with Crippen LogP contribution in [0.25, 0.3) is 0 Å². The van der Waals surface area contributed by atoms with E-state index in [4.69, 9.17) is 0 Å². The molecule has 2 rings (SSSR count). The topological polar surface area (TPSA) is 57.2 Å². The fourth-order valence-electron chi connectivity index (χ4n) is 2.61. The number of aromatic nitrogens is 3. The molecule has 0 aromatic carbocycles. The Bertz CT molecular complexity index is 434. The van der Waals surface area contributed by atoms with Crippen LogP contribution in [0.4, 0.5) is 17.8 Å². The number of anilines is 3. The second-order valence-electron chi connectivity index (χ2n) is 5.44. The Morgan fingerprint density at radius 3 is 2.65 bits per heavy atom. The molecule has 1 aliphatic heterocycles. The van der Waals surface area contributed by atoms with Crippen LogP contribution in [0.15, 0.2) is 0 Å². The maximum absolute atomic E-state index is 4.63. The van der Waals surface area contributed by atoms with Crippen LogP contribution in [-0.2, 0) is 0 Å². The first kappa shape index (κ1) is 14.8. The minimum atomic E-state index is 0.552. The van der Waals surface area contributed by atoms with E-state index in [1.807, 2.05) is 19.0 Å². The second-order valence-corrected chi connectivity index (χ2v) is 5.44. The standard InChI is InChI=1S/C14H26N6/c1-5-11-9-7-8-10-20(11)14-17-12(15-6-2)16-13(18-14)19(3)4/h11H,5-10H2,1-4H3,(H,15,16,17,18).